The average Bonchev–Trinajstić information content (AvgIpc) is 3.13. The number of carbonyl (C=O) groups is 4. The highest BCUT2D eigenvalue weighted by molar-refractivity contribution is 6.30. The SMILES string of the molecule is CC[C@@H](C(=O)NC1CCCCC1)N(Cc1ccc(Cl)cc1)C(=O)CCN1C(=O)[C@H]2CC=CC[C@H]2C1=O. The van der Waals surface area contributed by atoms with Crippen LogP contribution in [-0.2, 0) is 25.7 Å². The van der Waals surface area contributed by atoms with E-state index in [2.05, 4.69) is 5.32 Å². The monoisotopic (exact) mass is 513 g/mol. The predicted octanol–water partition coefficient (Wildman–Crippen LogP) is 4.24. The van der Waals surface area contributed by atoms with E-state index in [9.17, 15) is 19.2 Å². The van der Waals surface area contributed by atoms with Crippen LogP contribution in [0.5, 0.6) is 0 Å². The summed E-state index contributed by atoms with van der Waals surface area (Å²) in [5.74, 6) is -1.39. The van der Waals surface area contributed by atoms with Gasteiger partial charge in [0.05, 0.1) is 11.8 Å². The van der Waals surface area contributed by atoms with Gasteiger partial charge in [-0.25, -0.2) is 0 Å². The third-order valence-electron chi connectivity index (χ3n) is 7.75. The molecule has 0 unspecified atom stereocenters. The Balaban J connectivity index is 1.47. The van der Waals surface area contributed by atoms with Gasteiger partial charge in [-0.05, 0) is 49.8 Å². The molecular weight excluding hydrogens is 478 g/mol. The number of nitrogens with zero attached hydrogens (tertiary/aromatic N) is 2. The summed E-state index contributed by atoms with van der Waals surface area (Å²) >= 11 is 6.04. The molecule has 4 rings (SSSR count). The van der Waals surface area contributed by atoms with E-state index in [1.165, 1.54) is 11.3 Å². The Morgan fingerprint density at radius 1 is 1.03 bits per heavy atom. The fourth-order valence-electron chi connectivity index (χ4n) is 5.69. The molecule has 3 atom stereocenters. The van der Waals surface area contributed by atoms with E-state index < -0.39 is 6.04 Å². The van der Waals surface area contributed by atoms with Gasteiger partial charge in [-0.1, -0.05) is 62.1 Å². The molecule has 7 nitrogen and oxygen atoms in total. The van der Waals surface area contributed by atoms with Gasteiger partial charge in [-0.2, -0.15) is 0 Å². The quantitative estimate of drug-likeness (QED) is 0.395. The van der Waals surface area contributed by atoms with Gasteiger partial charge >= 0.3 is 0 Å². The second-order valence-corrected chi connectivity index (χ2v) is 10.6. The van der Waals surface area contributed by atoms with E-state index in [-0.39, 0.29) is 61.0 Å². The Kier molecular flexibility index (Phi) is 8.83. The van der Waals surface area contributed by atoms with Crippen LogP contribution in [0.4, 0.5) is 0 Å². The van der Waals surface area contributed by atoms with Crippen molar-refractivity contribution in [1.82, 2.24) is 15.1 Å². The maximum absolute atomic E-state index is 13.6. The number of allylic oxidation sites excluding steroid dienone is 2. The van der Waals surface area contributed by atoms with E-state index in [1.54, 1.807) is 17.0 Å². The first-order valence-electron chi connectivity index (χ1n) is 13.2. The van der Waals surface area contributed by atoms with Crippen LogP contribution in [-0.4, -0.2) is 52.1 Å². The predicted molar refractivity (Wildman–Crippen MR) is 138 cm³/mol. The summed E-state index contributed by atoms with van der Waals surface area (Å²) in [6.45, 7) is 2.20. The molecule has 194 valence electrons. The zero-order valence-electron chi connectivity index (χ0n) is 21.0. The van der Waals surface area contributed by atoms with Crippen LogP contribution < -0.4 is 5.32 Å². The highest BCUT2D eigenvalue weighted by atomic mass is 35.5. The molecule has 8 heteroatoms. The maximum atomic E-state index is 13.6. The molecule has 2 aliphatic carbocycles. The van der Waals surface area contributed by atoms with Crippen LogP contribution >= 0.6 is 11.6 Å². The molecule has 2 fully saturated rings. The van der Waals surface area contributed by atoms with Crippen molar-refractivity contribution in [1.29, 1.82) is 0 Å². The smallest absolute Gasteiger partial charge is 0.243 e. The van der Waals surface area contributed by atoms with Crippen LogP contribution in [0.1, 0.15) is 70.3 Å². The topological polar surface area (TPSA) is 86.8 Å². The Hall–Kier alpha value is -2.67. The van der Waals surface area contributed by atoms with Crippen LogP contribution in [0.3, 0.4) is 0 Å². The third-order valence-corrected chi connectivity index (χ3v) is 8.00. The summed E-state index contributed by atoms with van der Waals surface area (Å²) in [7, 11) is 0. The molecule has 4 amide bonds. The molecule has 1 N–H and O–H groups in total. The van der Waals surface area contributed by atoms with Crippen LogP contribution in [0.2, 0.25) is 5.02 Å². The zero-order valence-corrected chi connectivity index (χ0v) is 21.7. The minimum absolute atomic E-state index is 0.00878. The Morgan fingerprint density at radius 2 is 1.64 bits per heavy atom. The normalized spacial score (nSPS) is 22.9. The highest BCUT2D eigenvalue weighted by Crippen LogP contribution is 2.35. The number of amides is 4. The van der Waals surface area contributed by atoms with Crippen molar-refractivity contribution in [2.75, 3.05) is 6.54 Å². The summed E-state index contributed by atoms with van der Waals surface area (Å²) in [6.07, 6.45) is 10.8. The van der Waals surface area contributed by atoms with Crippen molar-refractivity contribution in [3.8, 4) is 0 Å². The minimum atomic E-state index is -0.633. The van der Waals surface area contributed by atoms with Crippen molar-refractivity contribution >= 4 is 35.2 Å². The highest BCUT2D eigenvalue weighted by Gasteiger charge is 2.47. The Labute approximate surface area is 218 Å². The number of nitrogens with one attached hydrogen (secondary N) is 1. The molecule has 0 aromatic heterocycles. The number of hydrogen-bond acceptors (Lipinski definition) is 4. The molecule has 1 saturated carbocycles. The lowest BCUT2D eigenvalue weighted by atomic mass is 9.85. The molecule has 1 aliphatic heterocycles. The molecule has 0 bridgehead atoms. The van der Waals surface area contributed by atoms with E-state index in [1.807, 2.05) is 31.2 Å². The minimum Gasteiger partial charge on any atom is -0.352 e. The number of imide groups is 1. The number of hydrogen-bond donors (Lipinski definition) is 1. The number of benzene rings is 1. The van der Waals surface area contributed by atoms with Crippen molar-refractivity contribution in [3.05, 3.63) is 47.0 Å². The summed E-state index contributed by atoms with van der Waals surface area (Å²) in [4.78, 5) is 55.4. The van der Waals surface area contributed by atoms with Crippen molar-refractivity contribution < 1.29 is 19.2 Å². The molecule has 0 radical (unpaired) electrons. The Bertz CT molecular complexity index is 977. The fourth-order valence-corrected chi connectivity index (χ4v) is 5.82. The van der Waals surface area contributed by atoms with Crippen LogP contribution in [0.15, 0.2) is 36.4 Å². The van der Waals surface area contributed by atoms with Gasteiger partial charge in [0.2, 0.25) is 23.6 Å². The number of likely N-dealkylation sites (tertiary alicyclic amines) is 1. The molecule has 0 spiro atoms. The summed E-state index contributed by atoms with van der Waals surface area (Å²) < 4.78 is 0. The van der Waals surface area contributed by atoms with E-state index in [4.69, 9.17) is 11.6 Å². The van der Waals surface area contributed by atoms with Gasteiger partial charge in [0.1, 0.15) is 6.04 Å². The lowest BCUT2D eigenvalue weighted by molar-refractivity contribution is -0.144. The molecule has 1 aromatic carbocycles. The number of halogens is 1. The Morgan fingerprint density at radius 3 is 2.22 bits per heavy atom. The van der Waals surface area contributed by atoms with Crippen molar-refractivity contribution in [3.63, 3.8) is 0 Å². The third kappa shape index (κ3) is 6.00. The standard InChI is InChI=1S/C28H36ClN3O4/c1-2-24(26(34)30-21-8-4-3-5-9-21)32(18-19-12-14-20(29)15-13-19)25(33)16-17-31-27(35)22-10-6-7-11-23(22)28(31)36/h6-7,12-15,21-24H,2-5,8-11,16-18H2,1H3,(H,30,34)/t22-,23+,24-/m0/s1. The fraction of sp³-hybridized carbons (Fsp3) is 0.571. The van der Waals surface area contributed by atoms with Gasteiger partial charge in [0.25, 0.3) is 0 Å². The van der Waals surface area contributed by atoms with E-state index in [0.29, 0.717) is 24.3 Å². The lowest BCUT2D eigenvalue weighted by Gasteiger charge is -2.33. The van der Waals surface area contributed by atoms with Gasteiger partial charge in [0, 0.05) is 30.6 Å². The van der Waals surface area contributed by atoms with Crippen LogP contribution in [0, 0.1) is 11.8 Å². The molecule has 36 heavy (non-hydrogen) atoms. The van der Waals surface area contributed by atoms with Crippen molar-refractivity contribution in [2.45, 2.75) is 83.3 Å². The number of rotatable bonds is 9. The summed E-state index contributed by atoms with van der Waals surface area (Å²) in [5, 5.41) is 3.76. The number of fused-ring (bicyclic) bond motifs is 1. The van der Waals surface area contributed by atoms with Gasteiger partial charge in [-0.3, -0.25) is 24.1 Å². The first-order valence-corrected chi connectivity index (χ1v) is 13.6. The first-order chi connectivity index (χ1) is 17.4. The molecule has 1 aromatic rings. The largest absolute Gasteiger partial charge is 0.352 e. The molecular formula is C28H36ClN3O4. The summed E-state index contributed by atoms with van der Waals surface area (Å²) in [6, 6.07) is 6.73. The molecule has 3 aliphatic rings. The van der Waals surface area contributed by atoms with Gasteiger partial charge in [-0.15, -0.1) is 0 Å². The van der Waals surface area contributed by atoms with Crippen molar-refractivity contribution in [2.24, 2.45) is 11.8 Å². The molecule has 1 heterocycles. The van der Waals surface area contributed by atoms with Gasteiger partial charge in [0.15, 0.2) is 0 Å². The summed E-state index contributed by atoms with van der Waals surface area (Å²) in [5.41, 5.74) is 0.863. The number of carbonyl (C=O) groups excluding carboxylic acids is 4. The molecule has 1 saturated heterocycles. The first kappa shape index (κ1) is 26.4. The lowest BCUT2D eigenvalue weighted by Crippen LogP contribution is -2.52. The average molecular weight is 514 g/mol. The van der Waals surface area contributed by atoms with E-state index >= 15 is 0 Å². The zero-order chi connectivity index (χ0) is 25.7. The van der Waals surface area contributed by atoms with Gasteiger partial charge < -0.3 is 10.2 Å². The second-order valence-electron chi connectivity index (χ2n) is 10.1. The second kappa shape index (κ2) is 12.0. The van der Waals surface area contributed by atoms with Crippen LogP contribution in [0.25, 0.3) is 0 Å². The maximum Gasteiger partial charge on any atom is 0.243 e. The van der Waals surface area contributed by atoms with E-state index in [0.717, 1.165) is 31.2 Å².